The smallest absolute Gasteiger partial charge is 0.726 e. The summed E-state index contributed by atoms with van der Waals surface area (Å²) in [6, 6.07) is 0. The van der Waals surface area contributed by atoms with Crippen LogP contribution in [0.5, 0.6) is 0 Å². The van der Waals surface area contributed by atoms with E-state index in [9.17, 15) is 13.0 Å². The largest absolute Gasteiger partial charge is 1.00 e. The third kappa shape index (κ3) is 24.8. The molecule has 0 saturated heterocycles. The van der Waals surface area contributed by atoms with Crippen molar-refractivity contribution in [2.45, 2.75) is 116 Å². The van der Waals surface area contributed by atoms with Gasteiger partial charge in [-0.2, -0.15) is 0 Å². The topological polar surface area (TPSA) is 75.7 Å². The first-order valence-electron chi connectivity index (χ1n) is 10.7. The van der Waals surface area contributed by atoms with Gasteiger partial charge in [-0.3, -0.25) is 4.18 Å². The van der Waals surface area contributed by atoms with Gasteiger partial charge < -0.3 is 9.29 Å². The number of hydrogen-bond acceptors (Lipinski definition) is 5. The molecular formula is C20H41NaO5S. The van der Waals surface area contributed by atoms with Crippen molar-refractivity contribution in [3.05, 3.63) is 0 Å². The quantitative estimate of drug-likeness (QED) is 0.132. The molecule has 0 amide bonds. The summed E-state index contributed by atoms with van der Waals surface area (Å²) in [7, 11) is -4.64. The minimum atomic E-state index is -4.64. The van der Waals surface area contributed by atoms with Gasteiger partial charge in [0.2, 0.25) is 10.4 Å². The van der Waals surface area contributed by atoms with E-state index in [1.165, 1.54) is 77.0 Å². The monoisotopic (exact) mass is 416 g/mol. The molecule has 27 heavy (non-hydrogen) atoms. The van der Waals surface area contributed by atoms with Crippen molar-refractivity contribution in [1.82, 2.24) is 0 Å². The van der Waals surface area contributed by atoms with Gasteiger partial charge in [-0.25, -0.2) is 8.42 Å². The maximum absolute atomic E-state index is 10.5. The molecule has 0 aliphatic rings. The zero-order valence-electron chi connectivity index (χ0n) is 18.0. The molecular weight excluding hydrogens is 375 g/mol. The molecule has 0 aliphatic heterocycles. The van der Waals surface area contributed by atoms with Gasteiger partial charge in [-0.05, 0) is 12.8 Å². The Morgan fingerprint density at radius 1 is 0.741 bits per heavy atom. The first-order valence-corrected chi connectivity index (χ1v) is 12.0. The van der Waals surface area contributed by atoms with Crippen LogP contribution in [0.4, 0.5) is 0 Å². The molecule has 0 bridgehead atoms. The second kappa shape index (κ2) is 21.5. The van der Waals surface area contributed by atoms with Crippen molar-refractivity contribution >= 4 is 10.4 Å². The molecule has 7 heteroatoms. The van der Waals surface area contributed by atoms with E-state index in [0.717, 1.165) is 12.8 Å². The SMILES string of the molecule is CCCCCCCCCCCCCCCCOCC(CC)OS(=O)(=O)[O-].[Na+]. The third-order valence-electron chi connectivity index (χ3n) is 4.66. The molecule has 0 aliphatic carbocycles. The van der Waals surface area contributed by atoms with Crippen LogP contribution in [0.3, 0.4) is 0 Å². The molecule has 0 fully saturated rings. The van der Waals surface area contributed by atoms with E-state index >= 15 is 0 Å². The van der Waals surface area contributed by atoms with Crippen molar-refractivity contribution in [2.24, 2.45) is 0 Å². The molecule has 5 nitrogen and oxygen atoms in total. The molecule has 1 unspecified atom stereocenters. The predicted molar refractivity (Wildman–Crippen MR) is 106 cm³/mol. The summed E-state index contributed by atoms with van der Waals surface area (Å²) in [4.78, 5) is 0. The van der Waals surface area contributed by atoms with Gasteiger partial charge in [-0.15, -0.1) is 0 Å². The number of hydrogen-bond donors (Lipinski definition) is 0. The summed E-state index contributed by atoms with van der Waals surface area (Å²) in [6.07, 6.45) is 18.2. The van der Waals surface area contributed by atoms with Crippen LogP contribution in [-0.2, 0) is 19.3 Å². The summed E-state index contributed by atoms with van der Waals surface area (Å²) >= 11 is 0. The molecule has 0 aromatic heterocycles. The number of ether oxygens (including phenoxy) is 1. The van der Waals surface area contributed by atoms with Crippen LogP contribution >= 0.6 is 0 Å². The first-order chi connectivity index (χ1) is 12.5. The van der Waals surface area contributed by atoms with Gasteiger partial charge in [-0.1, -0.05) is 97.3 Å². The van der Waals surface area contributed by atoms with E-state index in [4.69, 9.17) is 4.74 Å². The van der Waals surface area contributed by atoms with Crippen molar-refractivity contribution in [3.8, 4) is 0 Å². The van der Waals surface area contributed by atoms with Gasteiger partial charge in [0.05, 0.1) is 12.7 Å². The van der Waals surface area contributed by atoms with Crippen LogP contribution in [0.25, 0.3) is 0 Å². The van der Waals surface area contributed by atoms with E-state index < -0.39 is 16.5 Å². The van der Waals surface area contributed by atoms with Crippen LogP contribution in [0, 0.1) is 0 Å². The van der Waals surface area contributed by atoms with Gasteiger partial charge in [0.1, 0.15) is 0 Å². The van der Waals surface area contributed by atoms with Gasteiger partial charge in [0, 0.05) is 6.61 Å². The van der Waals surface area contributed by atoms with Crippen molar-refractivity contribution in [3.63, 3.8) is 0 Å². The third-order valence-corrected chi connectivity index (χ3v) is 5.16. The summed E-state index contributed by atoms with van der Waals surface area (Å²) in [5, 5.41) is 0. The normalized spacial score (nSPS) is 12.7. The second-order valence-electron chi connectivity index (χ2n) is 7.21. The summed E-state index contributed by atoms with van der Waals surface area (Å²) in [5.74, 6) is 0. The maximum Gasteiger partial charge on any atom is 1.00 e. The van der Waals surface area contributed by atoms with E-state index in [1.54, 1.807) is 6.92 Å². The zero-order valence-corrected chi connectivity index (χ0v) is 20.9. The predicted octanol–water partition coefficient (Wildman–Crippen LogP) is 2.74. The average molecular weight is 417 g/mol. The van der Waals surface area contributed by atoms with E-state index in [-0.39, 0.29) is 36.2 Å². The minimum Gasteiger partial charge on any atom is -0.726 e. The van der Waals surface area contributed by atoms with E-state index in [1.807, 2.05) is 0 Å². The standard InChI is InChI=1S/C20H42O5S.Na/c1-3-5-6-7-8-9-10-11-12-13-14-15-16-17-18-24-19-20(4-2)25-26(21,22)23;/h20H,3-19H2,1-2H3,(H,21,22,23);/q;+1/p-1. The maximum atomic E-state index is 10.5. The Bertz CT molecular complexity index is 390. The first kappa shape index (κ1) is 30.0. The summed E-state index contributed by atoms with van der Waals surface area (Å²) in [5.41, 5.74) is 0. The Kier molecular flexibility index (Phi) is 24.0. The summed E-state index contributed by atoms with van der Waals surface area (Å²) < 4.78 is 41.4. The van der Waals surface area contributed by atoms with Crippen LogP contribution in [-0.4, -0.2) is 32.3 Å². The van der Waals surface area contributed by atoms with Crippen molar-refractivity contribution in [2.75, 3.05) is 13.2 Å². The van der Waals surface area contributed by atoms with Crippen LogP contribution in [0.15, 0.2) is 0 Å². The fourth-order valence-electron chi connectivity index (χ4n) is 2.99. The molecule has 0 heterocycles. The van der Waals surface area contributed by atoms with Crippen molar-refractivity contribution < 1.29 is 51.4 Å². The van der Waals surface area contributed by atoms with Crippen molar-refractivity contribution in [1.29, 1.82) is 0 Å². The summed E-state index contributed by atoms with van der Waals surface area (Å²) in [6.45, 7) is 4.79. The van der Waals surface area contributed by atoms with E-state index in [2.05, 4.69) is 11.1 Å². The molecule has 0 rings (SSSR count). The average Bonchev–Trinajstić information content (AvgIpc) is 2.59. The van der Waals surface area contributed by atoms with Gasteiger partial charge in [0.15, 0.2) is 0 Å². The minimum absolute atomic E-state index is 0. The van der Waals surface area contributed by atoms with Gasteiger partial charge in [0.25, 0.3) is 0 Å². The Morgan fingerprint density at radius 2 is 1.15 bits per heavy atom. The number of unbranched alkanes of at least 4 members (excludes halogenated alkanes) is 13. The van der Waals surface area contributed by atoms with E-state index in [0.29, 0.717) is 13.0 Å². The molecule has 0 aromatic carbocycles. The molecule has 0 radical (unpaired) electrons. The van der Waals surface area contributed by atoms with Crippen LogP contribution in [0.2, 0.25) is 0 Å². The fourth-order valence-corrected chi connectivity index (χ4v) is 3.52. The Morgan fingerprint density at radius 3 is 1.52 bits per heavy atom. The Balaban J connectivity index is 0. The zero-order chi connectivity index (χ0) is 19.5. The molecule has 0 aromatic rings. The number of rotatable bonds is 20. The molecule has 1 atom stereocenters. The molecule has 0 spiro atoms. The van der Waals surface area contributed by atoms with Crippen LogP contribution in [0.1, 0.15) is 110 Å². The Hall–Kier alpha value is 0.830. The molecule has 0 N–H and O–H groups in total. The second-order valence-corrected chi connectivity index (χ2v) is 8.21. The molecule has 0 saturated carbocycles. The van der Waals surface area contributed by atoms with Gasteiger partial charge >= 0.3 is 29.6 Å². The fraction of sp³-hybridized carbons (Fsp3) is 1.00. The Labute approximate surface area is 190 Å². The molecule has 158 valence electrons. The van der Waals surface area contributed by atoms with Crippen LogP contribution < -0.4 is 29.6 Å².